The van der Waals surface area contributed by atoms with Crippen LogP contribution >= 0.6 is 0 Å². The average molecular weight is 233 g/mol. The molecule has 0 aliphatic carbocycles. The molecule has 1 aromatic heterocycles. The standard InChI is InChI=1S/C12H15N3O2/c13-10-11-2-1-3-15(12(11)16)5-4-14-6-8-17-9-7-14/h1-3H,4-9H2. The van der Waals surface area contributed by atoms with Crippen LogP contribution in [0.1, 0.15) is 5.56 Å². The van der Waals surface area contributed by atoms with E-state index in [9.17, 15) is 4.79 Å². The molecule has 0 aromatic carbocycles. The van der Waals surface area contributed by atoms with E-state index in [2.05, 4.69) is 4.90 Å². The van der Waals surface area contributed by atoms with E-state index in [-0.39, 0.29) is 11.1 Å². The van der Waals surface area contributed by atoms with Gasteiger partial charge in [-0.1, -0.05) is 0 Å². The minimum atomic E-state index is -0.205. The summed E-state index contributed by atoms with van der Waals surface area (Å²) in [6.45, 7) is 4.77. The molecule has 0 saturated carbocycles. The molecule has 90 valence electrons. The first kappa shape index (κ1) is 11.8. The predicted octanol–water partition coefficient (Wildman–Crippen LogP) is 0.0522. The summed E-state index contributed by atoms with van der Waals surface area (Å²) in [6.07, 6.45) is 1.73. The summed E-state index contributed by atoms with van der Waals surface area (Å²) in [7, 11) is 0. The Morgan fingerprint density at radius 1 is 1.35 bits per heavy atom. The summed E-state index contributed by atoms with van der Waals surface area (Å²) < 4.78 is 6.85. The van der Waals surface area contributed by atoms with Gasteiger partial charge in [-0.3, -0.25) is 9.69 Å². The molecule has 0 radical (unpaired) electrons. The first-order valence-electron chi connectivity index (χ1n) is 5.71. The summed E-state index contributed by atoms with van der Waals surface area (Å²) in [6, 6.07) is 5.19. The fourth-order valence-corrected chi connectivity index (χ4v) is 1.87. The van der Waals surface area contributed by atoms with Crippen LogP contribution < -0.4 is 5.56 Å². The quantitative estimate of drug-likeness (QED) is 0.740. The van der Waals surface area contributed by atoms with Crippen LogP contribution in [0.2, 0.25) is 0 Å². The molecule has 2 rings (SSSR count). The largest absolute Gasteiger partial charge is 0.379 e. The molecule has 0 unspecified atom stereocenters. The van der Waals surface area contributed by atoms with Gasteiger partial charge in [-0.25, -0.2) is 0 Å². The second-order valence-corrected chi connectivity index (χ2v) is 3.99. The van der Waals surface area contributed by atoms with Crippen molar-refractivity contribution >= 4 is 0 Å². The van der Waals surface area contributed by atoms with Gasteiger partial charge in [0.2, 0.25) is 0 Å². The van der Waals surface area contributed by atoms with Gasteiger partial charge < -0.3 is 9.30 Å². The van der Waals surface area contributed by atoms with Gasteiger partial charge in [0.25, 0.3) is 5.56 Å². The average Bonchev–Trinajstić information content (AvgIpc) is 2.39. The Hall–Kier alpha value is -1.64. The number of ether oxygens (including phenoxy) is 1. The molecule has 0 amide bonds. The normalized spacial score (nSPS) is 16.6. The Balaban J connectivity index is 1.99. The molecule has 1 aromatic rings. The fraction of sp³-hybridized carbons (Fsp3) is 0.500. The number of hydrogen-bond donors (Lipinski definition) is 0. The summed E-state index contributed by atoms with van der Waals surface area (Å²) in [5.74, 6) is 0. The zero-order valence-electron chi connectivity index (χ0n) is 9.63. The van der Waals surface area contributed by atoms with Crippen LogP contribution in [0.15, 0.2) is 23.1 Å². The Labute approximate surface area is 99.8 Å². The number of morpholine rings is 1. The molecule has 17 heavy (non-hydrogen) atoms. The van der Waals surface area contributed by atoms with E-state index in [1.54, 1.807) is 22.9 Å². The summed E-state index contributed by atoms with van der Waals surface area (Å²) >= 11 is 0. The molecule has 1 aliphatic rings. The lowest BCUT2D eigenvalue weighted by Gasteiger charge is -2.26. The molecule has 2 heterocycles. The molecule has 1 fully saturated rings. The fourth-order valence-electron chi connectivity index (χ4n) is 1.87. The molecular weight excluding hydrogens is 218 g/mol. The number of rotatable bonds is 3. The van der Waals surface area contributed by atoms with Gasteiger partial charge in [-0.05, 0) is 12.1 Å². The van der Waals surface area contributed by atoms with E-state index in [0.717, 1.165) is 32.8 Å². The monoisotopic (exact) mass is 233 g/mol. The highest BCUT2D eigenvalue weighted by Gasteiger charge is 2.10. The molecule has 1 aliphatic heterocycles. The Morgan fingerprint density at radius 3 is 2.82 bits per heavy atom. The second-order valence-electron chi connectivity index (χ2n) is 3.99. The zero-order valence-corrected chi connectivity index (χ0v) is 9.63. The number of hydrogen-bond acceptors (Lipinski definition) is 4. The maximum atomic E-state index is 11.8. The van der Waals surface area contributed by atoms with E-state index in [1.165, 1.54) is 0 Å². The van der Waals surface area contributed by atoms with Crippen molar-refractivity contribution in [2.75, 3.05) is 32.8 Å². The van der Waals surface area contributed by atoms with Gasteiger partial charge in [-0.2, -0.15) is 5.26 Å². The van der Waals surface area contributed by atoms with Crippen molar-refractivity contribution in [1.29, 1.82) is 5.26 Å². The van der Waals surface area contributed by atoms with E-state index in [1.807, 2.05) is 6.07 Å². The summed E-state index contributed by atoms with van der Waals surface area (Å²) in [5, 5.41) is 8.77. The van der Waals surface area contributed by atoms with Crippen molar-refractivity contribution < 1.29 is 4.74 Å². The van der Waals surface area contributed by atoms with Crippen LogP contribution in [0.4, 0.5) is 0 Å². The molecule has 1 saturated heterocycles. The predicted molar refractivity (Wildman–Crippen MR) is 62.7 cm³/mol. The molecule has 0 atom stereocenters. The third kappa shape index (κ3) is 2.93. The Kier molecular flexibility index (Phi) is 3.91. The van der Waals surface area contributed by atoms with Crippen molar-refractivity contribution in [3.05, 3.63) is 34.2 Å². The van der Waals surface area contributed by atoms with E-state index in [4.69, 9.17) is 10.00 Å². The second kappa shape index (κ2) is 5.62. The number of nitrogens with zero attached hydrogens (tertiary/aromatic N) is 3. The SMILES string of the molecule is N#Cc1cccn(CCN2CCOCC2)c1=O. The van der Waals surface area contributed by atoms with Crippen molar-refractivity contribution in [2.24, 2.45) is 0 Å². The van der Waals surface area contributed by atoms with Gasteiger partial charge in [0.1, 0.15) is 11.6 Å². The molecule has 0 bridgehead atoms. The van der Waals surface area contributed by atoms with Crippen LogP contribution in [-0.2, 0) is 11.3 Å². The minimum Gasteiger partial charge on any atom is -0.379 e. The minimum absolute atomic E-state index is 0.203. The maximum Gasteiger partial charge on any atom is 0.268 e. The van der Waals surface area contributed by atoms with Gasteiger partial charge in [0.15, 0.2) is 0 Å². The number of nitriles is 1. The summed E-state index contributed by atoms with van der Waals surface area (Å²) in [4.78, 5) is 14.0. The van der Waals surface area contributed by atoms with Crippen molar-refractivity contribution in [2.45, 2.75) is 6.54 Å². The smallest absolute Gasteiger partial charge is 0.268 e. The van der Waals surface area contributed by atoms with Crippen molar-refractivity contribution in [1.82, 2.24) is 9.47 Å². The Bertz CT molecular complexity index is 469. The van der Waals surface area contributed by atoms with Crippen LogP contribution in [0, 0.1) is 11.3 Å². The van der Waals surface area contributed by atoms with Crippen LogP contribution in [-0.4, -0.2) is 42.3 Å². The van der Waals surface area contributed by atoms with Gasteiger partial charge in [0.05, 0.1) is 13.2 Å². The molecular formula is C12H15N3O2. The van der Waals surface area contributed by atoms with Crippen LogP contribution in [0.5, 0.6) is 0 Å². The highest BCUT2D eigenvalue weighted by Crippen LogP contribution is 1.97. The van der Waals surface area contributed by atoms with Gasteiger partial charge in [0, 0.05) is 32.4 Å². The molecule has 0 N–H and O–H groups in total. The number of pyridine rings is 1. The van der Waals surface area contributed by atoms with E-state index >= 15 is 0 Å². The van der Waals surface area contributed by atoms with E-state index < -0.39 is 0 Å². The number of aromatic nitrogens is 1. The maximum absolute atomic E-state index is 11.8. The summed E-state index contributed by atoms with van der Waals surface area (Å²) in [5.41, 5.74) is -0.00210. The topological polar surface area (TPSA) is 58.3 Å². The Morgan fingerprint density at radius 2 is 2.12 bits per heavy atom. The molecule has 5 heteroatoms. The highest BCUT2D eigenvalue weighted by molar-refractivity contribution is 5.24. The first-order valence-corrected chi connectivity index (χ1v) is 5.71. The van der Waals surface area contributed by atoms with Gasteiger partial charge in [-0.15, -0.1) is 0 Å². The van der Waals surface area contributed by atoms with E-state index in [0.29, 0.717) is 6.54 Å². The highest BCUT2D eigenvalue weighted by atomic mass is 16.5. The lowest BCUT2D eigenvalue weighted by molar-refractivity contribution is 0.0363. The zero-order chi connectivity index (χ0) is 12.1. The molecule has 0 spiro atoms. The van der Waals surface area contributed by atoms with Crippen molar-refractivity contribution in [3.63, 3.8) is 0 Å². The third-order valence-corrected chi connectivity index (χ3v) is 2.90. The van der Waals surface area contributed by atoms with Crippen LogP contribution in [0.3, 0.4) is 0 Å². The lowest BCUT2D eigenvalue weighted by atomic mass is 10.3. The van der Waals surface area contributed by atoms with Crippen molar-refractivity contribution in [3.8, 4) is 6.07 Å². The third-order valence-electron chi connectivity index (χ3n) is 2.90. The first-order chi connectivity index (χ1) is 8.31. The van der Waals surface area contributed by atoms with Crippen LogP contribution in [0.25, 0.3) is 0 Å². The van der Waals surface area contributed by atoms with Gasteiger partial charge >= 0.3 is 0 Å². The molecule has 5 nitrogen and oxygen atoms in total. The lowest BCUT2D eigenvalue weighted by Crippen LogP contribution is -2.39.